The van der Waals surface area contributed by atoms with Crippen LogP contribution in [0.25, 0.3) is 10.2 Å². The number of hydrogen-bond donors (Lipinski definition) is 0. The molecule has 2 aromatic carbocycles. The van der Waals surface area contributed by atoms with Crippen LogP contribution in [0, 0.1) is 0 Å². The monoisotopic (exact) mass is 430 g/mol. The van der Waals surface area contributed by atoms with Gasteiger partial charge in [0.2, 0.25) is 6.79 Å². The molecule has 2 aliphatic heterocycles. The smallest absolute Gasteiger partial charge is 0.279 e. The molecule has 0 unspecified atom stereocenters. The van der Waals surface area contributed by atoms with Gasteiger partial charge in [0, 0.05) is 30.0 Å². The number of rotatable bonds is 4. The van der Waals surface area contributed by atoms with E-state index in [1.54, 1.807) is 30.0 Å². The fraction of sp³-hybridized carbons (Fsp3) is 0.300. The molecule has 3 aromatic rings. The van der Waals surface area contributed by atoms with Crippen LogP contribution < -0.4 is 23.7 Å². The number of carbonyl (C=O) groups is 1. The first-order valence-electron chi connectivity index (χ1n) is 9.13. The van der Waals surface area contributed by atoms with Crippen LogP contribution >= 0.6 is 23.1 Å². The SMILES string of the molecule is CSCCn1c(=NC(=O)c2ccc3c(c2)OCCO3)sc2cc3c(cc21)OCO3. The summed E-state index contributed by atoms with van der Waals surface area (Å²) in [5.74, 6) is 3.27. The maximum Gasteiger partial charge on any atom is 0.279 e. The largest absolute Gasteiger partial charge is 0.486 e. The minimum atomic E-state index is -0.313. The Kier molecular flexibility index (Phi) is 4.84. The maximum absolute atomic E-state index is 12.9. The van der Waals surface area contributed by atoms with Gasteiger partial charge in [-0.15, -0.1) is 0 Å². The van der Waals surface area contributed by atoms with Crippen LogP contribution in [0.15, 0.2) is 35.3 Å². The highest BCUT2D eigenvalue weighted by Gasteiger charge is 2.19. The van der Waals surface area contributed by atoms with E-state index in [0.29, 0.717) is 35.1 Å². The lowest BCUT2D eigenvalue weighted by Crippen LogP contribution is -2.18. The first-order valence-corrected chi connectivity index (χ1v) is 11.3. The molecule has 0 bridgehead atoms. The Morgan fingerprint density at radius 2 is 1.83 bits per heavy atom. The molecular weight excluding hydrogens is 412 g/mol. The summed E-state index contributed by atoms with van der Waals surface area (Å²) in [5.41, 5.74) is 1.46. The fourth-order valence-corrected chi connectivity index (χ4v) is 4.70. The predicted molar refractivity (Wildman–Crippen MR) is 112 cm³/mol. The second-order valence-corrected chi connectivity index (χ2v) is 8.47. The minimum absolute atomic E-state index is 0.233. The van der Waals surface area contributed by atoms with Crippen molar-refractivity contribution in [3.05, 3.63) is 40.7 Å². The number of aromatic nitrogens is 1. The third-order valence-electron chi connectivity index (χ3n) is 4.68. The first kappa shape index (κ1) is 18.4. The number of fused-ring (bicyclic) bond motifs is 3. The molecule has 5 rings (SSSR count). The first-order chi connectivity index (χ1) is 14.2. The summed E-state index contributed by atoms with van der Waals surface area (Å²) in [6.45, 7) is 1.96. The average Bonchev–Trinajstić information content (AvgIpc) is 3.33. The molecule has 1 aromatic heterocycles. The molecular formula is C20H18N2O5S2. The highest BCUT2D eigenvalue weighted by atomic mass is 32.2. The van der Waals surface area contributed by atoms with E-state index in [1.165, 1.54) is 11.3 Å². The number of ether oxygens (including phenoxy) is 4. The minimum Gasteiger partial charge on any atom is -0.486 e. The molecule has 29 heavy (non-hydrogen) atoms. The Morgan fingerprint density at radius 1 is 1.07 bits per heavy atom. The lowest BCUT2D eigenvalue weighted by Gasteiger charge is -2.18. The van der Waals surface area contributed by atoms with E-state index in [-0.39, 0.29) is 12.7 Å². The summed E-state index contributed by atoms with van der Waals surface area (Å²) in [6, 6.07) is 9.07. The summed E-state index contributed by atoms with van der Waals surface area (Å²) < 4.78 is 25.2. The van der Waals surface area contributed by atoms with E-state index in [4.69, 9.17) is 18.9 Å². The number of nitrogens with zero attached hydrogens (tertiary/aromatic N) is 2. The molecule has 0 spiro atoms. The lowest BCUT2D eigenvalue weighted by molar-refractivity contribution is 0.0996. The van der Waals surface area contributed by atoms with Gasteiger partial charge in [-0.3, -0.25) is 4.79 Å². The molecule has 150 valence electrons. The second-order valence-electron chi connectivity index (χ2n) is 6.48. The molecule has 0 fully saturated rings. The molecule has 9 heteroatoms. The Balaban J connectivity index is 1.57. The van der Waals surface area contributed by atoms with Crippen molar-refractivity contribution in [2.24, 2.45) is 4.99 Å². The quantitative estimate of drug-likeness (QED) is 0.633. The number of thioether (sulfide) groups is 1. The number of hydrogen-bond acceptors (Lipinski definition) is 7. The van der Waals surface area contributed by atoms with Crippen molar-refractivity contribution < 1.29 is 23.7 Å². The molecule has 0 radical (unpaired) electrons. The Hall–Kier alpha value is -2.65. The summed E-state index contributed by atoms with van der Waals surface area (Å²) in [4.78, 5) is 18.0. The van der Waals surface area contributed by atoms with Crippen LogP contribution in [0.2, 0.25) is 0 Å². The molecule has 7 nitrogen and oxygen atoms in total. The van der Waals surface area contributed by atoms with Crippen LogP contribution in [-0.4, -0.2) is 42.5 Å². The molecule has 1 amide bonds. The maximum atomic E-state index is 12.9. The summed E-state index contributed by atoms with van der Waals surface area (Å²) in [6.07, 6.45) is 2.06. The molecule has 0 atom stereocenters. The Bertz CT molecular complexity index is 1170. The zero-order valence-electron chi connectivity index (χ0n) is 15.7. The summed E-state index contributed by atoms with van der Waals surface area (Å²) in [7, 11) is 0. The van der Waals surface area contributed by atoms with Gasteiger partial charge in [-0.2, -0.15) is 16.8 Å². The molecule has 3 heterocycles. The molecule has 0 saturated heterocycles. The molecule has 0 saturated carbocycles. The van der Waals surface area contributed by atoms with Crippen molar-refractivity contribution in [1.82, 2.24) is 4.57 Å². The van der Waals surface area contributed by atoms with Crippen LogP contribution in [-0.2, 0) is 6.54 Å². The van der Waals surface area contributed by atoms with Crippen molar-refractivity contribution in [2.75, 3.05) is 32.0 Å². The van der Waals surface area contributed by atoms with Gasteiger partial charge in [0.05, 0.1) is 10.2 Å². The van der Waals surface area contributed by atoms with E-state index in [0.717, 1.165) is 34.0 Å². The van der Waals surface area contributed by atoms with Gasteiger partial charge in [-0.05, 0) is 24.5 Å². The van der Waals surface area contributed by atoms with Crippen LogP contribution in [0.1, 0.15) is 10.4 Å². The van der Waals surface area contributed by atoms with Crippen molar-refractivity contribution >= 4 is 39.2 Å². The van der Waals surface area contributed by atoms with E-state index in [2.05, 4.69) is 15.8 Å². The van der Waals surface area contributed by atoms with Crippen molar-refractivity contribution in [2.45, 2.75) is 6.54 Å². The third kappa shape index (κ3) is 3.44. The highest BCUT2D eigenvalue weighted by molar-refractivity contribution is 7.98. The Labute approximate surface area is 174 Å². The topological polar surface area (TPSA) is 71.3 Å². The molecule has 0 aliphatic carbocycles. The standard InChI is InChI=1S/C20H18N2O5S2/c1-28-7-4-22-13-9-16-17(27-11-26-16)10-18(13)29-20(22)21-19(23)12-2-3-14-15(8-12)25-6-5-24-14/h2-3,8-10H,4-7,11H2,1H3. The normalized spacial score (nSPS) is 15.1. The highest BCUT2D eigenvalue weighted by Crippen LogP contribution is 2.37. The van der Waals surface area contributed by atoms with Crippen molar-refractivity contribution in [1.29, 1.82) is 0 Å². The summed E-state index contributed by atoms with van der Waals surface area (Å²) in [5, 5.41) is 0. The Morgan fingerprint density at radius 3 is 2.66 bits per heavy atom. The van der Waals surface area contributed by atoms with E-state index in [1.807, 2.05) is 12.1 Å². The number of carbonyl (C=O) groups excluding carboxylic acids is 1. The van der Waals surface area contributed by atoms with Gasteiger partial charge in [0.1, 0.15) is 13.2 Å². The van der Waals surface area contributed by atoms with E-state index in [9.17, 15) is 4.79 Å². The number of amides is 1. The van der Waals surface area contributed by atoms with Gasteiger partial charge in [-0.25, -0.2) is 0 Å². The van der Waals surface area contributed by atoms with Crippen molar-refractivity contribution in [3.63, 3.8) is 0 Å². The zero-order chi connectivity index (χ0) is 19.8. The fourth-order valence-electron chi connectivity index (χ4n) is 3.27. The number of thiazole rings is 1. The van der Waals surface area contributed by atoms with Crippen LogP contribution in [0.4, 0.5) is 0 Å². The predicted octanol–water partition coefficient (Wildman–Crippen LogP) is 3.31. The third-order valence-corrected chi connectivity index (χ3v) is 6.31. The van der Waals surface area contributed by atoms with Crippen LogP contribution in [0.5, 0.6) is 23.0 Å². The van der Waals surface area contributed by atoms with Gasteiger partial charge in [0.15, 0.2) is 27.8 Å². The van der Waals surface area contributed by atoms with Gasteiger partial charge < -0.3 is 23.5 Å². The van der Waals surface area contributed by atoms with Crippen molar-refractivity contribution in [3.8, 4) is 23.0 Å². The molecule has 2 aliphatic rings. The van der Waals surface area contributed by atoms with Crippen LogP contribution in [0.3, 0.4) is 0 Å². The summed E-state index contributed by atoms with van der Waals surface area (Å²) >= 11 is 3.21. The van der Waals surface area contributed by atoms with E-state index < -0.39 is 0 Å². The second kappa shape index (κ2) is 7.64. The van der Waals surface area contributed by atoms with Gasteiger partial charge >= 0.3 is 0 Å². The van der Waals surface area contributed by atoms with Gasteiger partial charge in [0.25, 0.3) is 5.91 Å². The lowest BCUT2D eigenvalue weighted by atomic mass is 10.2. The molecule has 0 N–H and O–H groups in total. The van der Waals surface area contributed by atoms with E-state index >= 15 is 0 Å². The number of benzene rings is 2. The number of aryl methyl sites for hydroxylation is 1. The zero-order valence-corrected chi connectivity index (χ0v) is 17.3. The van der Waals surface area contributed by atoms with Gasteiger partial charge in [-0.1, -0.05) is 11.3 Å². The average molecular weight is 431 g/mol.